The van der Waals surface area contributed by atoms with Crippen LogP contribution in [0.1, 0.15) is 48.9 Å². The van der Waals surface area contributed by atoms with Crippen molar-refractivity contribution < 1.29 is 25.7 Å². The molecule has 2 aromatic carbocycles. The minimum atomic E-state index is -3.74. The first-order chi connectivity index (χ1) is 16.0. The third-order valence-corrected chi connectivity index (χ3v) is 6.88. The summed E-state index contributed by atoms with van der Waals surface area (Å²) in [6.07, 6.45) is 10.8. The van der Waals surface area contributed by atoms with Gasteiger partial charge < -0.3 is 17.5 Å². The molecule has 0 saturated heterocycles. The summed E-state index contributed by atoms with van der Waals surface area (Å²) in [7, 11) is 3.85. The molecule has 0 aliphatic heterocycles. The van der Waals surface area contributed by atoms with E-state index < -0.39 is 16.3 Å². The zero-order valence-electron chi connectivity index (χ0n) is 20.0. The number of nitrogens with one attached hydrogen (secondary N) is 1. The predicted molar refractivity (Wildman–Crippen MR) is 140 cm³/mol. The van der Waals surface area contributed by atoms with Crippen LogP contribution in [0.2, 0.25) is 0 Å². The molecular formula is C26H35ClN3O2RuS+. The van der Waals surface area contributed by atoms with Gasteiger partial charge in [-0.3, -0.25) is 0 Å². The van der Waals surface area contributed by atoms with Crippen LogP contribution in [0.25, 0.3) is 4.72 Å². The normalized spacial score (nSPS) is 14.9. The van der Waals surface area contributed by atoms with E-state index >= 15 is 0 Å². The van der Waals surface area contributed by atoms with Crippen LogP contribution in [0.3, 0.4) is 0 Å². The first kappa shape index (κ1) is 30.7. The average molecular weight is 590 g/mol. The summed E-state index contributed by atoms with van der Waals surface area (Å²) >= 11 is 1.82. The Morgan fingerprint density at radius 2 is 1.62 bits per heavy atom. The van der Waals surface area contributed by atoms with E-state index in [0.717, 1.165) is 47.7 Å². The fourth-order valence-corrected chi connectivity index (χ4v) is 4.43. The van der Waals surface area contributed by atoms with Gasteiger partial charge in [0.25, 0.3) is 0 Å². The quantitative estimate of drug-likeness (QED) is 0.187. The molecule has 0 aromatic heterocycles. The second-order valence-corrected chi connectivity index (χ2v) is 9.80. The van der Waals surface area contributed by atoms with Crippen molar-refractivity contribution >= 4 is 19.9 Å². The number of benzene rings is 2. The van der Waals surface area contributed by atoms with Gasteiger partial charge in [0.2, 0.25) is 0 Å². The fourth-order valence-electron chi connectivity index (χ4n) is 3.71. The molecule has 2 aromatic rings. The van der Waals surface area contributed by atoms with Gasteiger partial charge in [0, 0.05) is 20.1 Å². The minimum absolute atomic E-state index is 0. The summed E-state index contributed by atoms with van der Waals surface area (Å²) < 4.78 is 30.9. The Labute approximate surface area is 220 Å². The SMILES string of the molecule is CN(C)S(=O)(=O)[N-]C(c1ccccc1)C(NCCCC1=CC=CCC1)c1ccccc1.[CH3-].[Cl][Ru+3]. The molecule has 8 heteroatoms. The van der Waals surface area contributed by atoms with E-state index in [0.29, 0.717) is 0 Å². The molecule has 0 spiro atoms. The van der Waals surface area contributed by atoms with Gasteiger partial charge in [-0.05, 0) is 37.8 Å². The zero-order chi connectivity index (χ0) is 24.1. The van der Waals surface area contributed by atoms with E-state index in [1.54, 1.807) is 0 Å². The molecule has 186 valence electrons. The van der Waals surface area contributed by atoms with Crippen molar-refractivity contribution in [1.82, 2.24) is 9.62 Å². The Bertz CT molecular complexity index is 984. The van der Waals surface area contributed by atoms with Crippen molar-refractivity contribution in [2.75, 3.05) is 20.6 Å². The first-order valence-electron chi connectivity index (χ1n) is 10.9. The first-order valence-corrected chi connectivity index (χ1v) is 14.6. The van der Waals surface area contributed by atoms with E-state index in [9.17, 15) is 8.42 Å². The number of halogens is 1. The molecule has 0 radical (unpaired) electrons. The van der Waals surface area contributed by atoms with Crippen LogP contribution in [0.4, 0.5) is 0 Å². The van der Waals surface area contributed by atoms with E-state index in [4.69, 9.17) is 0 Å². The molecule has 0 fully saturated rings. The van der Waals surface area contributed by atoms with Crippen LogP contribution >= 0.6 is 9.69 Å². The van der Waals surface area contributed by atoms with Crippen LogP contribution in [0.15, 0.2) is 84.5 Å². The summed E-state index contributed by atoms with van der Waals surface area (Å²) in [5.74, 6) is 0. The fraction of sp³-hybridized carbons (Fsp3) is 0.346. The maximum atomic E-state index is 12.7. The Morgan fingerprint density at radius 1 is 1.03 bits per heavy atom. The Hall–Kier alpha value is -1.34. The van der Waals surface area contributed by atoms with Gasteiger partial charge in [-0.1, -0.05) is 96.1 Å². The van der Waals surface area contributed by atoms with Crippen LogP contribution in [0, 0.1) is 7.43 Å². The topological polar surface area (TPSA) is 63.5 Å². The van der Waals surface area contributed by atoms with Crippen molar-refractivity contribution in [3.63, 3.8) is 0 Å². The third kappa shape index (κ3) is 9.73. The predicted octanol–water partition coefficient (Wildman–Crippen LogP) is 6.43. The van der Waals surface area contributed by atoms with Gasteiger partial charge in [0.05, 0.1) is 0 Å². The molecule has 3 rings (SSSR count). The maximum absolute atomic E-state index is 12.7. The standard InChI is InChI=1S/C25H32N3O2S.CH3.ClH.Ru/c1-28(2)31(29,30)27-25(23-18-10-5-11-19-23)24(22-16-8-4-9-17-22)26-20-12-15-21-13-6-3-7-14-21;;;/h3-6,8-11,13,16-19,24-26H,7,12,14-15,20H2,1-2H3;1H3;1H;/q2*-1;;+4/p-1. The molecule has 0 bridgehead atoms. The molecule has 5 nitrogen and oxygen atoms in total. The van der Waals surface area contributed by atoms with E-state index in [1.165, 1.54) is 19.7 Å². The van der Waals surface area contributed by atoms with Gasteiger partial charge in [0.15, 0.2) is 0 Å². The molecular weight excluding hydrogens is 555 g/mol. The second-order valence-electron chi connectivity index (χ2n) is 7.96. The molecule has 0 heterocycles. The molecule has 34 heavy (non-hydrogen) atoms. The molecule has 2 unspecified atom stereocenters. The molecule has 0 saturated carbocycles. The molecule has 2 atom stereocenters. The number of allylic oxidation sites excluding steroid dienone is 4. The monoisotopic (exact) mass is 590 g/mol. The van der Waals surface area contributed by atoms with Gasteiger partial charge in [-0.25, -0.2) is 12.7 Å². The summed E-state index contributed by atoms with van der Waals surface area (Å²) in [5.41, 5.74) is 3.36. The number of hydrogen-bond acceptors (Lipinski definition) is 3. The molecule has 1 aliphatic carbocycles. The summed E-state index contributed by atoms with van der Waals surface area (Å²) in [4.78, 5) is 0. The van der Waals surface area contributed by atoms with Crippen LogP contribution in [-0.2, 0) is 27.5 Å². The van der Waals surface area contributed by atoms with Crippen molar-refractivity contribution in [3.8, 4) is 0 Å². The molecule has 0 amide bonds. The number of nitrogens with zero attached hydrogens (tertiary/aromatic N) is 2. The summed E-state index contributed by atoms with van der Waals surface area (Å²) in [6.45, 7) is 0.779. The zero-order valence-corrected chi connectivity index (χ0v) is 23.4. The molecule has 1 N–H and O–H groups in total. The van der Waals surface area contributed by atoms with Crippen LogP contribution in [0.5, 0.6) is 0 Å². The van der Waals surface area contributed by atoms with Crippen molar-refractivity contribution in [3.05, 3.63) is 108 Å². The Kier molecular flexibility index (Phi) is 14.8. The molecule has 1 aliphatic rings. The van der Waals surface area contributed by atoms with E-state index in [-0.39, 0.29) is 13.5 Å². The van der Waals surface area contributed by atoms with Gasteiger partial charge in [0.1, 0.15) is 10.2 Å². The average Bonchev–Trinajstić information content (AvgIpc) is 2.86. The summed E-state index contributed by atoms with van der Waals surface area (Å²) in [6, 6.07) is 18.8. The van der Waals surface area contributed by atoms with E-state index in [2.05, 4.69) is 38.0 Å². The van der Waals surface area contributed by atoms with Gasteiger partial charge in [-0.2, -0.15) is 0 Å². The van der Waals surface area contributed by atoms with Crippen molar-refractivity contribution in [1.29, 1.82) is 0 Å². The summed E-state index contributed by atoms with van der Waals surface area (Å²) in [5, 5.41) is 3.61. The second kappa shape index (κ2) is 16.4. The van der Waals surface area contributed by atoms with Crippen molar-refractivity contribution in [2.24, 2.45) is 0 Å². The Balaban J connectivity index is 0.00000188. The Morgan fingerprint density at radius 3 is 2.15 bits per heavy atom. The van der Waals surface area contributed by atoms with Crippen molar-refractivity contribution in [2.45, 2.75) is 37.8 Å². The number of rotatable bonds is 11. The van der Waals surface area contributed by atoms with E-state index in [1.807, 2.05) is 78.0 Å². The van der Waals surface area contributed by atoms with Crippen LogP contribution < -0.4 is 5.32 Å². The van der Waals surface area contributed by atoms with Gasteiger partial charge >= 0.3 is 27.0 Å². The van der Waals surface area contributed by atoms with Crippen LogP contribution in [-0.4, -0.2) is 33.4 Å². The third-order valence-electron chi connectivity index (χ3n) is 5.46. The number of hydrogen-bond donors (Lipinski definition) is 1. The van der Waals surface area contributed by atoms with Gasteiger partial charge in [-0.15, -0.1) is 0 Å².